The quantitative estimate of drug-likeness (QED) is 0.617. The highest BCUT2D eigenvalue weighted by Gasteiger charge is 2.37. The van der Waals surface area contributed by atoms with Crippen molar-refractivity contribution in [3.63, 3.8) is 0 Å². The molecular formula is C25H33N3O3S2. The van der Waals surface area contributed by atoms with Crippen molar-refractivity contribution in [2.24, 2.45) is 5.92 Å². The smallest absolute Gasteiger partial charge is 0.243 e. The van der Waals surface area contributed by atoms with E-state index in [0.29, 0.717) is 37.4 Å². The lowest BCUT2D eigenvalue weighted by Crippen LogP contribution is -2.47. The van der Waals surface area contributed by atoms with Crippen LogP contribution in [-0.4, -0.2) is 59.2 Å². The van der Waals surface area contributed by atoms with E-state index in [1.807, 2.05) is 67.8 Å². The summed E-state index contributed by atoms with van der Waals surface area (Å²) in [6.07, 6.45) is 3.88. The lowest BCUT2D eigenvalue weighted by molar-refractivity contribution is -0.139. The molecule has 0 N–H and O–H groups in total. The van der Waals surface area contributed by atoms with E-state index in [1.165, 1.54) is 0 Å². The molecule has 0 radical (unpaired) electrons. The molecule has 0 bridgehead atoms. The van der Waals surface area contributed by atoms with Gasteiger partial charge < -0.3 is 4.90 Å². The van der Waals surface area contributed by atoms with E-state index < -0.39 is 10.0 Å². The Labute approximate surface area is 201 Å². The van der Waals surface area contributed by atoms with Crippen molar-refractivity contribution in [2.75, 3.05) is 24.6 Å². The molecule has 0 aliphatic carbocycles. The average Bonchev–Trinajstić information content (AvgIpc) is 3.31. The van der Waals surface area contributed by atoms with Gasteiger partial charge in [0.05, 0.1) is 17.1 Å². The van der Waals surface area contributed by atoms with Crippen molar-refractivity contribution >= 4 is 27.7 Å². The molecule has 178 valence electrons. The third-order valence-electron chi connectivity index (χ3n) is 6.69. The van der Waals surface area contributed by atoms with Crippen LogP contribution in [-0.2, 0) is 21.4 Å². The monoisotopic (exact) mass is 487 g/mol. The maximum absolute atomic E-state index is 13.6. The van der Waals surface area contributed by atoms with Crippen molar-refractivity contribution in [1.29, 1.82) is 0 Å². The minimum Gasteiger partial charge on any atom is -0.333 e. The predicted molar refractivity (Wildman–Crippen MR) is 133 cm³/mol. The number of sulfonamides is 1. The van der Waals surface area contributed by atoms with Crippen LogP contribution in [0.2, 0.25) is 0 Å². The first-order valence-electron chi connectivity index (χ1n) is 11.6. The average molecular weight is 488 g/mol. The number of carbonyl (C=O) groups excluding carboxylic acids is 1. The normalized spacial score (nSPS) is 20.2. The molecule has 0 saturated carbocycles. The summed E-state index contributed by atoms with van der Waals surface area (Å²) in [5.41, 5.74) is 3.52. The van der Waals surface area contributed by atoms with Gasteiger partial charge in [-0.15, -0.1) is 0 Å². The highest BCUT2D eigenvalue weighted by Crippen LogP contribution is 2.31. The zero-order chi connectivity index (χ0) is 23.6. The van der Waals surface area contributed by atoms with E-state index >= 15 is 0 Å². The van der Waals surface area contributed by atoms with Crippen LogP contribution in [0.3, 0.4) is 0 Å². The van der Waals surface area contributed by atoms with Gasteiger partial charge in [0.1, 0.15) is 0 Å². The number of hydrogen-bond acceptors (Lipinski definition) is 5. The summed E-state index contributed by atoms with van der Waals surface area (Å²) in [6, 6.07) is 9.87. The van der Waals surface area contributed by atoms with Gasteiger partial charge in [0.2, 0.25) is 15.9 Å². The summed E-state index contributed by atoms with van der Waals surface area (Å²) in [5.74, 6) is 2.03. The first-order valence-corrected chi connectivity index (χ1v) is 14.2. The van der Waals surface area contributed by atoms with Gasteiger partial charge in [-0.2, -0.15) is 16.1 Å². The second-order valence-corrected chi connectivity index (χ2v) is 12.2. The van der Waals surface area contributed by atoms with E-state index in [1.54, 1.807) is 10.5 Å². The molecule has 33 heavy (non-hydrogen) atoms. The third kappa shape index (κ3) is 5.28. The molecule has 2 aliphatic rings. The van der Waals surface area contributed by atoms with Gasteiger partial charge in [-0.1, -0.05) is 23.8 Å². The molecule has 3 heterocycles. The Morgan fingerprint density at radius 2 is 1.82 bits per heavy atom. The first kappa shape index (κ1) is 24.2. The number of benzene rings is 1. The van der Waals surface area contributed by atoms with Crippen LogP contribution in [0.4, 0.5) is 0 Å². The van der Waals surface area contributed by atoms with Crippen molar-refractivity contribution in [3.8, 4) is 0 Å². The van der Waals surface area contributed by atoms with Gasteiger partial charge in [-0.3, -0.25) is 9.78 Å². The third-order valence-corrected chi connectivity index (χ3v) is 10.0. The van der Waals surface area contributed by atoms with Crippen molar-refractivity contribution < 1.29 is 13.2 Å². The lowest BCUT2D eigenvalue weighted by Gasteiger charge is -2.36. The number of piperidine rings is 1. The number of hydrogen-bond donors (Lipinski definition) is 0. The number of carbonyl (C=O) groups is 1. The number of rotatable bonds is 6. The minimum absolute atomic E-state index is 0.146. The zero-order valence-corrected chi connectivity index (χ0v) is 21.3. The molecule has 1 aromatic carbocycles. The Morgan fingerprint density at radius 1 is 1.12 bits per heavy atom. The second kappa shape index (κ2) is 10.2. The van der Waals surface area contributed by atoms with Gasteiger partial charge in [-0.05, 0) is 69.0 Å². The first-order chi connectivity index (χ1) is 15.8. The molecule has 1 unspecified atom stereocenters. The molecule has 2 fully saturated rings. The fourth-order valence-electron chi connectivity index (χ4n) is 5.10. The van der Waals surface area contributed by atoms with Gasteiger partial charge in [0.15, 0.2) is 0 Å². The number of amides is 1. The summed E-state index contributed by atoms with van der Waals surface area (Å²) in [4.78, 5) is 20.4. The number of nitrogens with zero attached hydrogens (tertiary/aromatic N) is 3. The van der Waals surface area contributed by atoms with Crippen LogP contribution in [0.15, 0.2) is 41.4 Å². The summed E-state index contributed by atoms with van der Waals surface area (Å²) in [5, 5.41) is 0. The molecule has 1 aromatic heterocycles. The highest BCUT2D eigenvalue weighted by molar-refractivity contribution is 7.99. The molecule has 1 atom stereocenters. The second-order valence-electron chi connectivity index (χ2n) is 9.21. The Morgan fingerprint density at radius 3 is 2.39 bits per heavy atom. The molecule has 8 heteroatoms. The van der Waals surface area contributed by atoms with Crippen LogP contribution >= 0.6 is 11.8 Å². The molecule has 2 aromatic rings. The van der Waals surface area contributed by atoms with Crippen LogP contribution in [0.25, 0.3) is 0 Å². The highest BCUT2D eigenvalue weighted by atomic mass is 32.2. The molecule has 6 nitrogen and oxygen atoms in total. The van der Waals surface area contributed by atoms with E-state index in [9.17, 15) is 13.2 Å². The topological polar surface area (TPSA) is 70.6 Å². The summed E-state index contributed by atoms with van der Waals surface area (Å²) in [7, 11) is -3.58. The number of aryl methyl sites for hydroxylation is 3. The SMILES string of the molecule is Cc1cc(C)c(S(=O)(=O)N2CCC(C(=O)N(Cc3ccccn3)C3CCSC3)CC2)c(C)c1. The van der Waals surface area contributed by atoms with Gasteiger partial charge in [-0.25, -0.2) is 8.42 Å². The maximum Gasteiger partial charge on any atom is 0.243 e. The predicted octanol–water partition coefficient (Wildman–Crippen LogP) is 3.94. The van der Waals surface area contributed by atoms with Crippen molar-refractivity contribution in [1.82, 2.24) is 14.2 Å². The van der Waals surface area contributed by atoms with E-state index in [-0.39, 0.29) is 17.9 Å². The fourth-order valence-corrected chi connectivity index (χ4v) is 8.21. The van der Waals surface area contributed by atoms with Gasteiger partial charge in [0.25, 0.3) is 0 Å². The van der Waals surface area contributed by atoms with Crippen LogP contribution in [0, 0.1) is 26.7 Å². The molecule has 4 rings (SSSR count). The van der Waals surface area contributed by atoms with Crippen LogP contribution in [0.1, 0.15) is 41.6 Å². The standard InChI is InChI=1S/C25H33N3O3S2/c1-18-14-19(2)24(20(3)15-18)33(30,31)27-11-7-21(8-12-27)25(29)28(23-9-13-32-17-23)16-22-6-4-5-10-26-22/h4-6,10,14-15,21,23H,7-9,11-13,16-17H2,1-3H3. The Balaban J connectivity index is 1.47. The van der Waals surface area contributed by atoms with Crippen molar-refractivity contribution in [3.05, 3.63) is 58.9 Å². The van der Waals surface area contributed by atoms with Gasteiger partial charge in [0, 0.05) is 37.0 Å². The van der Waals surface area contributed by atoms with E-state index in [4.69, 9.17) is 0 Å². The fraction of sp³-hybridized carbons (Fsp3) is 0.520. The molecule has 2 saturated heterocycles. The Hall–Kier alpha value is -1.90. The number of pyridine rings is 1. The zero-order valence-electron chi connectivity index (χ0n) is 19.7. The summed E-state index contributed by atoms with van der Waals surface area (Å²) >= 11 is 1.89. The van der Waals surface area contributed by atoms with Crippen LogP contribution in [0.5, 0.6) is 0 Å². The van der Waals surface area contributed by atoms with Crippen LogP contribution < -0.4 is 0 Å². The van der Waals surface area contributed by atoms with Crippen molar-refractivity contribution in [2.45, 2.75) is 57.5 Å². The number of aromatic nitrogens is 1. The molecule has 0 spiro atoms. The van der Waals surface area contributed by atoms with E-state index in [2.05, 4.69) is 4.98 Å². The molecule has 1 amide bonds. The minimum atomic E-state index is -3.58. The summed E-state index contributed by atoms with van der Waals surface area (Å²) < 4.78 is 28.4. The largest absolute Gasteiger partial charge is 0.333 e. The van der Waals surface area contributed by atoms with Gasteiger partial charge >= 0.3 is 0 Å². The van der Waals surface area contributed by atoms with E-state index in [0.717, 1.165) is 40.3 Å². The lowest BCUT2D eigenvalue weighted by atomic mass is 9.95. The molecular weight excluding hydrogens is 454 g/mol. The Bertz CT molecular complexity index is 1070. The maximum atomic E-state index is 13.6. The molecule has 2 aliphatic heterocycles. The summed E-state index contributed by atoms with van der Waals surface area (Å²) in [6.45, 7) is 6.97. The Kier molecular flexibility index (Phi) is 7.46. The number of thioether (sulfide) groups is 1.